The minimum Gasteiger partial charge on any atom is -0.478 e. The van der Waals surface area contributed by atoms with Crippen LogP contribution in [0, 0.1) is 0 Å². The summed E-state index contributed by atoms with van der Waals surface area (Å²) in [5.41, 5.74) is 2.19. The molecule has 0 aliphatic rings. The number of benzene rings is 1. The molecule has 0 saturated heterocycles. The molecule has 2 aromatic rings. The van der Waals surface area contributed by atoms with Gasteiger partial charge in [0.05, 0.1) is 5.56 Å². The predicted molar refractivity (Wildman–Crippen MR) is 77.6 cm³/mol. The van der Waals surface area contributed by atoms with E-state index in [-0.39, 0.29) is 5.56 Å². The number of hydrogen-bond donors (Lipinski definition) is 2. The fourth-order valence-corrected chi connectivity index (χ4v) is 2.90. The summed E-state index contributed by atoms with van der Waals surface area (Å²) < 4.78 is 0.593. The Morgan fingerprint density at radius 3 is 2.89 bits per heavy atom. The van der Waals surface area contributed by atoms with Crippen LogP contribution in [0.5, 0.6) is 0 Å². The molecule has 94 valence electrons. The van der Waals surface area contributed by atoms with Crippen LogP contribution < -0.4 is 5.32 Å². The molecule has 0 aliphatic heterocycles. The molecular formula is C13H12BrNO2S. The molecule has 0 atom stereocenters. The van der Waals surface area contributed by atoms with Gasteiger partial charge in [-0.25, -0.2) is 4.79 Å². The Morgan fingerprint density at radius 1 is 1.39 bits per heavy atom. The first-order chi connectivity index (χ1) is 8.68. The van der Waals surface area contributed by atoms with E-state index >= 15 is 0 Å². The monoisotopic (exact) mass is 325 g/mol. The molecule has 0 fully saturated rings. The molecule has 2 rings (SSSR count). The van der Waals surface area contributed by atoms with Gasteiger partial charge in [-0.3, -0.25) is 0 Å². The standard InChI is InChI=1S/C13H12BrNO2S/c14-10-2-1-3-11(12(10)13(16)17)15-6-4-9-5-7-18-8-9/h1-3,5,7-8,15H,4,6H2,(H,16,17). The van der Waals surface area contributed by atoms with Crippen LogP contribution in [0.25, 0.3) is 0 Å². The van der Waals surface area contributed by atoms with Gasteiger partial charge in [0.1, 0.15) is 0 Å². The van der Waals surface area contributed by atoms with Crippen molar-refractivity contribution in [2.45, 2.75) is 6.42 Å². The van der Waals surface area contributed by atoms with Crippen LogP contribution in [0.2, 0.25) is 0 Å². The quantitative estimate of drug-likeness (QED) is 0.877. The van der Waals surface area contributed by atoms with E-state index < -0.39 is 5.97 Å². The van der Waals surface area contributed by atoms with Crippen molar-refractivity contribution in [1.82, 2.24) is 0 Å². The number of carboxylic acid groups (broad SMARTS) is 1. The highest BCUT2D eigenvalue weighted by Gasteiger charge is 2.13. The second-order valence-corrected chi connectivity index (χ2v) is 5.41. The van der Waals surface area contributed by atoms with Crippen LogP contribution >= 0.6 is 27.3 Å². The fourth-order valence-electron chi connectivity index (χ4n) is 1.67. The zero-order chi connectivity index (χ0) is 13.0. The van der Waals surface area contributed by atoms with E-state index in [9.17, 15) is 4.79 Å². The maximum absolute atomic E-state index is 11.2. The van der Waals surface area contributed by atoms with Crippen molar-refractivity contribution in [2.75, 3.05) is 11.9 Å². The second-order valence-electron chi connectivity index (χ2n) is 3.78. The molecule has 0 aliphatic carbocycles. The topological polar surface area (TPSA) is 49.3 Å². The first-order valence-corrected chi connectivity index (χ1v) is 7.19. The minimum atomic E-state index is -0.930. The number of rotatable bonds is 5. The van der Waals surface area contributed by atoms with Crippen molar-refractivity contribution < 1.29 is 9.90 Å². The average Bonchev–Trinajstić information content (AvgIpc) is 2.81. The minimum absolute atomic E-state index is 0.280. The SMILES string of the molecule is O=C(O)c1c(Br)cccc1NCCc1ccsc1. The lowest BCUT2D eigenvalue weighted by molar-refractivity contribution is 0.0697. The average molecular weight is 326 g/mol. The van der Waals surface area contributed by atoms with Crippen molar-refractivity contribution in [3.8, 4) is 0 Å². The lowest BCUT2D eigenvalue weighted by Gasteiger charge is -2.10. The summed E-state index contributed by atoms with van der Waals surface area (Å²) in [6.07, 6.45) is 0.884. The molecule has 18 heavy (non-hydrogen) atoms. The smallest absolute Gasteiger partial charge is 0.338 e. The Morgan fingerprint density at radius 2 is 2.22 bits per heavy atom. The fraction of sp³-hybridized carbons (Fsp3) is 0.154. The van der Waals surface area contributed by atoms with E-state index in [1.54, 1.807) is 23.5 Å². The van der Waals surface area contributed by atoms with E-state index in [0.29, 0.717) is 16.7 Å². The van der Waals surface area contributed by atoms with Gasteiger partial charge < -0.3 is 10.4 Å². The number of hydrogen-bond acceptors (Lipinski definition) is 3. The largest absolute Gasteiger partial charge is 0.478 e. The summed E-state index contributed by atoms with van der Waals surface area (Å²) in [6, 6.07) is 7.41. The number of aromatic carboxylic acids is 1. The third kappa shape index (κ3) is 3.11. The summed E-state index contributed by atoms with van der Waals surface area (Å²) >= 11 is 4.93. The molecule has 1 heterocycles. The van der Waals surface area contributed by atoms with E-state index in [1.807, 2.05) is 11.4 Å². The van der Waals surface area contributed by atoms with Crippen LogP contribution in [0.1, 0.15) is 15.9 Å². The van der Waals surface area contributed by atoms with Crippen molar-refractivity contribution in [2.24, 2.45) is 0 Å². The lowest BCUT2D eigenvalue weighted by atomic mass is 10.1. The Hall–Kier alpha value is -1.33. The second kappa shape index (κ2) is 6.02. The summed E-state index contributed by atoms with van der Waals surface area (Å²) in [4.78, 5) is 11.2. The van der Waals surface area contributed by atoms with Crippen molar-refractivity contribution in [3.63, 3.8) is 0 Å². The summed E-state index contributed by atoms with van der Waals surface area (Å²) in [5.74, 6) is -0.930. The molecule has 3 nitrogen and oxygen atoms in total. The molecule has 0 radical (unpaired) electrons. The van der Waals surface area contributed by atoms with Gasteiger partial charge in [0, 0.05) is 16.7 Å². The number of thiophene rings is 1. The van der Waals surface area contributed by atoms with Gasteiger partial charge in [0.25, 0.3) is 0 Å². The Bertz CT molecular complexity index is 540. The summed E-state index contributed by atoms with van der Waals surface area (Å²) in [6.45, 7) is 0.716. The van der Waals surface area contributed by atoms with Gasteiger partial charge in [-0.2, -0.15) is 11.3 Å². The van der Waals surface area contributed by atoms with Crippen LogP contribution in [0.4, 0.5) is 5.69 Å². The number of carboxylic acids is 1. The lowest BCUT2D eigenvalue weighted by Crippen LogP contribution is -2.09. The van der Waals surface area contributed by atoms with Gasteiger partial charge in [-0.05, 0) is 56.9 Å². The molecule has 0 bridgehead atoms. The Balaban J connectivity index is 2.05. The van der Waals surface area contributed by atoms with E-state index in [0.717, 1.165) is 6.42 Å². The molecule has 0 spiro atoms. The first-order valence-electron chi connectivity index (χ1n) is 5.45. The number of nitrogens with one attached hydrogen (secondary N) is 1. The van der Waals surface area contributed by atoms with Gasteiger partial charge in [0.2, 0.25) is 0 Å². The third-order valence-electron chi connectivity index (χ3n) is 2.54. The zero-order valence-electron chi connectivity index (χ0n) is 9.52. The third-order valence-corrected chi connectivity index (χ3v) is 3.93. The van der Waals surface area contributed by atoms with Crippen molar-refractivity contribution in [3.05, 3.63) is 50.6 Å². The Kier molecular flexibility index (Phi) is 4.38. The summed E-state index contributed by atoms with van der Waals surface area (Å²) in [5, 5.41) is 16.5. The number of halogens is 1. The number of anilines is 1. The van der Waals surface area contributed by atoms with Crippen molar-refractivity contribution >= 4 is 38.9 Å². The van der Waals surface area contributed by atoms with Crippen LogP contribution in [-0.4, -0.2) is 17.6 Å². The number of carbonyl (C=O) groups is 1. The summed E-state index contributed by atoms with van der Waals surface area (Å²) in [7, 11) is 0. The van der Waals surface area contributed by atoms with Crippen LogP contribution in [-0.2, 0) is 6.42 Å². The van der Waals surface area contributed by atoms with E-state index in [2.05, 4.69) is 32.7 Å². The van der Waals surface area contributed by atoms with Crippen molar-refractivity contribution in [1.29, 1.82) is 0 Å². The molecular weight excluding hydrogens is 314 g/mol. The van der Waals surface area contributed by atoms with E-state index in [1.165, 1.54) is 5.56 Å². The molecule has 0 unspecified atom stereocenters. The maximum Gasteiger partial charge on any atom is 0.338 e. The highest BCUT2D eigenvalue weighted by molar-refractivity contribution is 9.10. The van der Waals surface area contributed by atoms with Crippen LogP contribution in [0.15, 0.2) is 39.5 Å². The van der Waals surface area contributed by atoms with Gasteiger partial charge in [-0.1, -0.05) is 6.07 Å². The highest BCUT2D eigenvalue weighted by atomic mass is 79.9. The van der Waals surface area contributed by atoms with E-state index in [4.69, 9.17) is 5.11 Å². The van der Waals surface area contributed by atoms with Gasteiger partial charge in [0.15, 0.2) is 0 Å². The van der Waals surface area contributed by atoms with Gasteiger partial charge in [-0.15, -0.1) is 0 Å². The zero-order valence-corrected chi connectivity index (χ0v) is 11.9. The molecule has 1 aromatic heterocycles. The van der Waals surface area contributed by atoms with Gasteiger partial charge >= 0.3 is 5.97 Å². The maximum atomic E-state index is 11.2. The molecule has 1 aromatic carbocycles. The Labute approximate surface area is 118 Å². The molecule has 2 N–H and O–H groups in total. The molecule has 5 heteroatoms. The molecule has 0 saturated carbocycles. The first kappa shape index (κ1) is 13.1. The predicted octanol–water partition coefficient (Wildman–Crippen LogP) is 3.86. The molecule has 0 amide bonds. The normalized spacial score (nSPS) is 10.3. The highest BCUT2D eigenvalue weighted by Crippen LogP contribution is 2.24. The van der Waals surface area contributed by atoms with Crippen LogP contribution in [0.3, 0.4) is 0 Å².